The molecule has 2 aromatic heterocycles. The van der Waals surface area contributed by atoms with Gasteiger partial charge in [0.1, 0.15) is 18.0 Å². The lowest BCUT2D eigenvalue weighted by Crippen LogP contribution is -2.24. The van der Waals surface area contributed by atoms with E-state index in [9.17, 15) is 0 Å². The van der Waals surface area contributed by atoms with E-state index in [1.165, 1.54) is 6.42 Å². The first-order valence-electron chi connectivity index (χ1n) is 6.70. The van der Waals surface area contributed by atoms with Crippen LogP contribution < -0.4 is 4.74 Å². The quantitative estimate of drug-likeness (QED) is 0.775. The van der Waals surface area contributed by atoms with Gasteiger partial charge in [-0.2, -0.15) is 0 Å². The van der Waals surface area contributed by atoms with Gasteiger partial charge in [0.15, 0.2) is 6.29 Å². The van der Waals surface area contributed by atoms with Crippen molar-refractivity contribution >= 4 is 5.65 Å². The van der Waals surface area contributed by atoms with E-state index in [1.54, 1.807) is 6.20 Å². The van der Waals surface area contributed by atoms with Crippen molar-refractivity contribution in [1.29, 1.82) is 0 Å². The lowest BCUT2D eigenvalue weighted by Gasteiger charge is -2.22. The zero-order valence-corrected chi connectivity index (χ0v) is 10.8. The molecule has 3 rings (SSSR count). The molecule has 102 valence electrons. The van der Waals surface area contributed by atoms with Crippen molar-refractivity contribution in [3.8, 4) is 5.75 Å². The number of nitrogens with zero attached hydrogens (tertiary/aromatic N) is 2. The van der Waals surface area contributed by atoms with Gasteiger partial charge < -0.3 is 18.6 Å². The van der Waals surface area contributed by atoms with E-state index in [-0.39, 0.29) is 6.29 Å². The second kappa shape index (κ2) is 6.04. The summed E-state index contributed by atoms with van der Waals surface area (Å²) in [4.78, 5) is 4.18. The normalized spacial score (nSPS) is 19.7. The van der Waals surface area contributed by atoms with Crippen molar-refractivity contribution in [2.45, 2.75) is 25.6 Å². The van der Waals surface area contributed by atoms with Crippen LogP contribution in [0.5, 0.6) is 5.75 Å². The minimum Gasteiger partial charge on any atom is -0.490 e. The molecule has 3 heterocycles. The van der Waals surface area contributed by atoms with Crippen LogP contribution in [0.25, 0.3) is 5.65 Å². The van der Waals surface area contributed by atoms with Gasteiger partial charge in [0, 0.05) is 19.0 Å². The highest BCUT2D eigenvalue weighted by atomic mass is 16.7. The number of aromatic nitrogens is 2. The fraction of sp³-hybridized carbons (Fsp3) is 0.500. The SMILES string of the molecule is c1cn2cc(OCCOC3CCCCO3)ccc2n1. The number of fused-ring (bicyclic) bond motifs is 1. The molecule has 5 heteroatoms. The van der Waals surface area contributed by atoms with Crippen molar-refractivity contribution in [2.24, 2.45) is 0 Å². The standard InChI is InChI=1S/C14H18N2O3/c1-2-8-18-14(3-1)19-10-9-17-12-4-5-13-15-6-7-16(13)11-12/h4-7,11,14H,1-3,8-10H2. The highest BCUT2D eigenvalue weighted by molar-refractivity contribution is 5.41. The minimum atomic E-state index is -0.0477. The molecule has 1 atom stereocenters. The van der Waals surface area contributed by atoms with Gasteiger partial charge in [-0.05, 0) is 31.4 Å². The van der Waals surface area contributed by atoms with Crippen molar-refractivity contribution in [3.63, 3.8) is 0 Å². The van der Waals surface area contributed by atoms with Crippen molar-refractivity contribution in [3.05, 3.63) is 30.7 Å². The molecule has 1 aliphatic rings. The van der Waals surface area contributed by atoms with E-state index < -0.39 is 0 Å². The summed E-state index contributed by atoms with van der Waals surface area (Å²) in [5.41, 5.74) is 0.916. The maximum atomic E-state index is 5.65. The molecule has 0 aromatic carbocycles. The Kier molecular flexibility index (Phi) is 3.95. The van der Waals surface area contributed by atoms with Crippen LogP contribution in [-0.4, -0.2) is 35.5 Å². The van der Waals surface area contributed by atoms with Crippen molar-refractivity contribution in [2.75, 3.05) is 19.8 Å². The maximum absolute atomic E-state index is 5.65. The molecule has 1 aliphatic heterocycles. The molecular formula is C14H18N2O3. The summed E-state index contributed by atoms with van der Waals surface area (Å²) in [6.07, 6.45) is 8.84. The molecule has 0 bridgehead atoms. The Hall–Kier alpha value is -1.59. The highest BCUT2D eigenvalue weighted by Crippen LogP contribution is 2.14. The molecule has 2 aromatic rings. The number of ether oxygens (including phenoxy) is 3. The van der Waals surface area contributed by atoms with Gasteiger partial charge in [-0.25, -0.2) is 4.98 Å². The van der Waals surface area contributed by atoms with Gasteiger partial charge >= 0.3 is 0 Å². The lowest BCUT2D eigenvalue weighted by molar-refractivity contribution is -0.165. The maximum Gasteiger partial charge on any atom is 0.157 e. The summed E-state index contributed by atoms with van der Waals surface area (Å²) in [6, 6.07) is 3.85. The second-order valence-electron chi connectivity index (χ2n) is 4.57. The summed E-state index contributed by atoms with van der Waals surface area (Å²) >= 11 is 0. The smallest absolute Gasteiger partial charge is 0.157 e. The Labute approximate surface area is 112 Å². The van der Waals surface area contributed by atoms with E-state index in [2.05, 4.69) is 4.98 Å². The zero-order chi connectivity index (χ0) is 12.9. The van der Waals surface area contributed by atoms with Crippen molar-refractivity contribution < 1.29 is 14.2 Å². The Morgan fingerprint density at radius 2 is 2.32 bits per heavy atom. The first kappa shape index (κ1) is 12.4. The Balaban J connectivity index is 1.43. The predicted octanol–water partition coefficient (Wildman–Crippen LogP) is 2.26. The molecule has 1 fully saturated rings. The summed E-state index contributed by atoms with van der Waals surface area (Å²) in [7, 11) is 0. The molecule has 0 amide bonds. The minimum absolute atomic E-state index is 0.0477. The molecule has 5 nitrogen and oxygen atoms in total. The van der Waals surface area contributed by atoms with Gasteiger partial charge in [-0.3, -0.25) is 0 Å². The third-order valence-corrected chi connectivity index (χ3v) is 3.16. The average Bonchev–Trinajstić information content (AvgIpc) is 2.92. The van der Waals surface area contributed by atoms with Crippen LogP contribution in [0, 0.1) is 0 Å². The number of imidazole rings is 1. The van der Waals surface area contributed by atoms with Crippen LogP contribution >= 0.6 is 0 Å². The number of hydrogen-bond donors (Lipinski definition) is 0. The van der Waals surface area contributed by atoms with E-state index in [0.717, 1.165) is 30.8 Å². The average molecular weight is 262 g/mol. The highest BCUT2D eigenvalue weighted by Gasteiger charge is 2.13. The van der Waals surface area contributed by atoms with Gasteiger partial charge in [-0.15, -0.1) is 0 Å². The molecule has 0 aliphatic carbocycles. The van der Waals surface area contributed by atoms with Gasteiger partial charge in [0.25, 0.3) is 0 Å². The summed E-state index contributed by atoms with van der Waals surface area (Å²) < 4.78 is 18.7. The van der Waals surface area contributed by atoms with E-state index in [4.69, 9.17) is 14.2 Å². The predicted molar refractivity (Wildman–Crippen MR) is 70.2 cm³/mol. The topological polar surface area (TPSA) is 45.0 Å². The van der Waals surface area contributed by atoms with Crippen LogP contribution in [0.2, 0.25) is 0 Å². The zero-order valence-electron chi connectivity index (χ0n) is 10.8. The van der Waals surface area contributed by atoms with Gasteiger partial charge in [0.2, 0.25) is 0 Å². The van der Waals surface area contributed by atoms with Crippen LogP contribution in [0.3, 0.4) is 0 Å². The summed E-state index contributed by atoms with van der Waals surface area (Å²) in [6.45, 7) is 1.88. The monoisotopic (exact) mass is 262 g/mol. The Bertz CT molecular complexity index is 520. The Morgan fingerprint density at radius 1 is 1.32 bits per heavy atom. The second-order valence-corrected chi connectivity index (χ2v) is 4.57. The third-order valence-electron chi connectivity index (χ3n) is 3.16. The number of pyridine rings is 1. The molecule has 1 saturated heterocycles. The molecule has 0 N–H and O–H groups in total. The fourth-order valence-electron chi connectivity index (χ4n) is 2.17. The molecule has 0 radical (unpaired) electrons. The molecule has 1 unspecified atom stereocenters. The van der Waals surface area contributed by atoms with Crippen LogP contribution in [0.15, 0.2) is 30.7 Å². The number of rotatable bonds is 5. The Morgan fingerprint density at radius 3 is 3.21 bits per heavy atom. The molecule has 19 heavy (non-hydrogen) atoms. The van der Waals surface area contributed by atoms with E-state index in [1.807, 2.05) is 28.9 Å². The van der Waals surface area contributed by atoms with Crippen LogP contribution in [0.4, 0.5) is 0 Å². The van der Waals surface area contributed by atoms with Crippen LogP contribution in [-0.2, 0) is 9.47 Å². The van der Waals surface area contributed by atoms with E-state index in [0.29, 0.717) is 13.2 Å². The largest absolute Gasteiger partial charge is 0.490 e. The van der Waals surface area contributed by atoms with Crippen molar-refractivity contribution in [1.82, 2.24) is 9.38 Å². The van der Waals surface area contributed by atoms with Crippen LogP contribution in [0.1, 0.15) is 19.3 Å². The summed E-state index contributed by atoms with van der Waals surface area (Å²) in [5.74, 6) is 0.818. The van der Waals surface area contributed by atoms with Gasteiger partial charge in [0.05, 0.1) is 12.8 Å². The molecule has 0 spiro atoms. The lowest BCUT2D eigenvalue weighted by atomic mass is 10.2. The number of hydrogen-bond acceptors (Lipinski definition) is 4. The molecular weight excluding hydrogens is 244 g/mol. The first-order valence-corrected chi connectivity index (χ1v) is 6.70. The summed E-state index contributed by atoms with van der Waals surface area (Å²) in [5, 5.41) is 0. The molecule has 0 saturated carbocycles. The van der Waals surface area contributed by atoms with E-state index >= 15 is 0 Å². The first-order chi connectivity index (χ1) is 9.42. The third kappa shape index (κ3) is 3.24. The van der Waals surface area contributed by atoms with Gasteiger partial charge in [-0.1, -0.05) is 0 Å². The fourth-order valence-corrected chi connectivity index (χ4v) is 2.17.